The molecule has 5 nitrogen and oxygen atoms in total. The molecule has 5 rings (SSSR count). The number of amides is 1. The largest absolute Gasteiger partial charge is 0.484 e. The van der Waals surface area contributed by atoms with E-state index < -0.39 is 5.63 Å². The molecule has 4 aromatic rings. The number of ether oxygens (including phenoxy) is 1. The third-order valence-electron chi connectivity index (χ3n) is 5.37. The summed E-state index contributed by atoms with van der Waals surface area (Å²) < 4.78 is 10.8. The zero-order valence-corrected chi connectivity index (χ0v) is 16.4. The molecule has 1 aliphatic carbocycles. The first-order chi connectivity index (χ1) is 14.6. The molecule has 5 heteroatoms. The summed E-state index contributed by atoms with van der Waals surface area (Å²) in [5.74, 6) is 0.215. The molecule has 148 valence electrons. The van der Waals surface area contributed by atoms with Crippen molar-refractivity contribution in [1.82, 2.24) is 0 Å². The van der Waals surface area contributed by atoms with E-state index in [2.05, 4.69) is 17.4 Å². The van der Waals surface area contributed by atoms with Crippen molar-refractivity contribution in [2.75, 3.05) is 11.9 Å². The molecule has 1 heterocycles. The average molecular weight is 397 g/mol. The summed E-state index contributed by atoms with van der Waals surface area (Å²) >= 11 is 0. The van der Waals surface area contributed by atoms with Crippen LogP contribution in [0.15, 0.2) is 75.9 Å². The molecule has 0 saturated heterocycles. The molecule has 0 fully saturated rings. The second-order valence-electron chi connectivity index (χ2n) is 7.45. The second-order valence-corrected chi connectivity index (χ2v) is 7.45. The number of rotatable bonds is 4. The molecule has 0 unspecified atom stereocenters. The standard InChI is InChI=1S/C25H19NO4/c1-15-10-25(28)30-23-13-19(7-9-20(15)23)29-14-24(27)26-18-6-8-22-17(12-18)11-16-4-2-3-5-21(16)22/h2-10,12-13H,11,14H2,1H3,(H,26,27). The second kappa shape index (κ2) is 7.19. The Kier molecular flexibility index (Phi) is 4.36. The van der Waals surface area contributed by atoms with Gasteiger partial charge in [-0.3, -0.25) is 4.79 Å². The molecule has 3 aromatic carbocycles. The lowest BCUT2D eigenvalue weighted by atomic mass is 10.1. The average Bonchev–Trinajstić information content (AvgIpc) is 3.09. The molecule has 0 aliphatic heterocycles. The minimum Gasteiger partial charge on any atom is -0.484 e. The van der Waals surface area contributed by atoms with Crippen LogP contribution in [0.2, 0.25) is 0 Å². The van der Waals surface area contributed by atoms with Crippen LogP contribution in [-0.4, -0.2) is 12.5 Å². The first-order valence-electron chi connectivity index (χ1n) is 9.75. The van der Waals surface area contributed by atoms with Crippen LogP contribution in [0.5, 0.6) is 5.75 Å². The predicted molar refractivity (Wildman–Crippen MR) is 116 cm³/mol. The summed E-state index contributed by atoms with van der Waals surface area (Å²) in [6, 6.07) is 21.0. The Morgan fingerprint density at radius 2 is 1.83 bits per heavy atom. The fourth-order valence-electron chi connectivity index (χ4n) is 3.96. The fourth-order valence-corrected chi connectivity index (χ4v) is 3.96. The summed E-state index contributed by atoms with van der Waals surface area (Å²) in [7, 11) is 0. The molecule has 30 heavy (non-hydrogen) atoms. The van der Waals surface area contributed by atoms with Crippen LogP contribution in [0.4, 0.5) is 5.69 Å². The number of aryl methyl sites for hydroxylation is 1. The van der Waals surface area contributed by atoms with Crippen molar-refractivity contribution in [2.45, 2.75) is 13.3 Å². The normalized spacial score (nSPS) is 11.8. The van der Waals surface area contributed by atoms with Crippen LogP contribution in [0.3, 0.4) is 0 Å². The van der Waals surface area contributed by atoms with E-state index in [1.165, 1.54) is 28.3 Å². The van der Waals surface area contributed by atoms with Crippen LogP contribution in [0.25, 0.3) is 22.1 Å². The predicted octanol–water partition coefficient (Wildman–Crippen LogP) is 4.69. The van der Waals surface area contributed by atoms with E-state index in [0.29, 0.717) is 11.3 Å². The van der Waals surface area contributed by atoms with E-state index in [-0.39, 0.29) is 12.5 Å². The number of hydrogen-bond acceptors (Lipinski definition) is 4. The van der Waals surface area contributed by atoms with Gasteiger partial charge in [0.15, 0.2) is 6.61 Å². The maximum Gasteiger partial charge on any atom is 0.336 e. The van der Waals surface area contributed by atoms with Gasteiger partial charge in [-0.25, -0.2) is 4.79 Å². The van der Waals surface area contributed by atoms with Gasteiger partial charge in [-0.15, -0.1) is 0 Å². The Morgan fingerprint density at radius 3 is 2.73 bits per heavy atom. The van der Waals surface area contributed by atoms with Crippen LogP contribution in [0, 0.1) is 6.92 Å². The van der Waals surface area contributed by atoms with Crippen molar-refractivity contribution >= 4 is 22.6 Å². The topological polar surface area (TPSA) is 68.5 Å². The zero-order chi connectivity index (χ0) is 20.7. The molecule has 1 aliphatic rings. The van der Waals surface area contributed by atoms with Gasteiger partial charge in [-0.1, -0.05) is 30.3 Å². The number of nitrogens with one attached hydrogen (secondary N) is 1. The molecule has 0 bridgehead atoms. The molecule has 0 atom stereocenters. The van der Waals surface area contributed by atoms with Gasteiger partial charge in [0.1, 0.15) is 11.3 Å². The lowest BCUT2D eigenvalue weighted by Crippen LogP contribution is -2.20. The Hall–Kier alpha value is -3.86. The van der Waals surface area contributed by atoms with Gasteiger partial charge in [-0.05, 0) is 65.4 Å². The third-order valence-corrected chi connectivity index (χ3v) is 5.37. The highest BCUT2D eigenvalue weighted by Gasteiger charge is 2.18. The monoisotopic (exact) mass is 397 g/mol. The highest BCUT2D eigenvalue weighted by Crippen LogP contribution is 2.37. The summed E-state index contributed by atoms with van der Waals surface area (Å²) in [5.41, 5.74) is 6.59. The van der Waals surface area contributed by atoms with Crippen molar-refractivity contribution in [3.8, 4) is 16.9 Å². The van der Waals surface area contributed by atoms with E-state index in [1.54, 1.807) is 12.1 Å². The Labute approximate surface area is 172 Å². The quantitative estimate of drug-likeness (QED) is 0.447. The SMILES string of the molecule is Cc1cc(=O)oc2cc(OCC(=O)Nc3ccc4c(c3)Cc3ccccc3-4)ccc12. The van der Waals surface area contributed by atoms with Gasteiger partial charge < -0.3 is 14.5 Å². The lowest BCUT2D eigenvalue weighted by Gasteiger charge is -2.10. The minimum atomic E-state index is -0.409. The van der Waals surface area contributed by atoms with E-state index in [0.717, 1.165) is 23.1 Å². The van der Waals surface area contributed by atoms with Gasteiger partial charge in [0.25, 0.3) is 5.91 Å². The van der Waals surface area contributed by atoms with Gasteiger partial charge in [-0.2, -0.15) is 0 Å². The number of carbonyl (C=O) groups is 1. The Balaban J connectivity index is 1.27. The van der Waals surface area contributed by atoms with Crippen molar-refractivity contribution in [3.63, 3.8) is 0 Å². The molecule has 1 aromatic heterocycles. The molecular weight excluding hydrogens is 378 g/mol. The molecule has 1 N–H and O–H groups in total. The molecule has 0 spiro atoms. The number of hydrogen-bond donors (Lipinski definition) is 1. The van der Waals surface area contributed by atoms with Crippen molar-refractivity contribution in [3.05, 3.63) is 93.8 Å². The summed E-state index contributed by atoms with van der Waals surface area (Å²) in [4.78, 5) is 23.9. The Morgan fingerprint density at radius 1 is 1.00 bits per heavy atom. The fraction of sp³-hybridized carbons (Fsp3) is 0.120. The van der Waals surface area contributed by atoms with E-state index in [4.69, 9.17) is 9.15 Å². The van der Waals surface area contributed by atoms with Crippen molar-refractivity contribution < 1.29 is 13.9 Å². The smallest absolute Gasteiger partial charge is 0.336 e. The maximum absolute atomic E-state index is 12.4. The van der Waals surface area contributed by atoms with E-state index in [1.807, 2.05) is 43.3 Å². The van der Waals surface area contributed by atoms with Gasteiger partial charge in [0, 0.05) is 23.2 Å². The van der Waals surface area contributed by atoms with Crippen LogP contribution in [0.1, 0.15) is 16.7 Å². The maximum atomic E-state index is 12.4. The van der Waals surface area contributed by atoms with Crippen LogP contribution in [-0.2, 0) is 11.2 Å². The van der Waals surface area contributed by atoms with Gasteiger partial charge in [0.2, 0.25) is 0 Å². The first kappa shape index (κ1) is 18.2. The van der Waals surface area contributed by atoms with Gasteiger partial charge in [0.05, 0.1) is 0 Å². The highest BCUT2D eigenvalue weighted by molar-refractivity contribution is 5.93. The summed E-state index contributed by atoms with van der Waals surface area (Å²) in [6.45, 7) is 1.71. The van der Waals surface area contributed by atoms with E-state index >= 15 is 0 Å². The summed E-state index contributed by atoms with van der Waals surface area (Å²) in [6.07, 6.45) is 0.868. The van der Waals surface area contributed by atoms with Crippen LogP contribution < -0.4 is 15.7 Å². The highest BCUT2D eigenvalue weighted by atomic mass is 16.5. The van der Waals surface area contributed by atoms with Crippen molar-refractivity contribution in [2.24, 2.45) is 0 Å². The number of benzene rings is 3. The van der Waals surface area contributed by atoms with Crippen molar-refractivity contribution in [1.29, 1.82) is 0 Å². The Bertz CT molecular complexity index is 1350. The molecule has 0 saturated carbocycles. The van der Waals surface area contributed by atoms with Gasteiger partial charge >= 0.3 is 5.63 Å². The first-order valence-corrected chi connectivity index (χ1v) is 9.75. The number of fused-ring (bicyclic) bond motifs is 4. The number of anilines is 1. The third kappa shape index (κ3) is 3.35. The zero-order valence-electron chi connectivity index (χ0n) is 16.4. The summed E-state index contributed by atoms with van der Waals surface area (Å²) in [5, 5.41) is 3.73. The lowest BCUT2D eigenvalue weighted by molar-refractivity contribution is -0.118. The molecule has 1 amide bonds. The van der Waals surface area contributed by atoms with E-state index in [9.17, 15) is 9.59 Å². The molecule has 0 radical (unpaired) electrons. The number of carbonyl (C=O) groups excluding carboxylic acids is 1. The molecular formula is C25H19NO4. The minimum absolute atomic E-state index is 0.140. The van der Waals surface area contributed by atoms with Crippen LogP contribution >= 0.6 is 0 Å².